The summed E-state index contributed by atoms with van der Waals surface area (Å²) in [4.78, 5) is 16.3. The Kier molecular flexibility index (Phi) is 9.99. The number of carbonyl (C=O) groups is 1. The number of nitrogens with zero attached hydrogens (tertiary/aromatic N) is 4. The van der Waals surface area contributed by atoms with Crippen molar-refractivity contribution >= 4 is 35.4 Å². The quantitative estimate of drug-likeness (QED) is 0.230. The van der Waals surface area contributed by atoms with E-state index in [1.165, 1.54) is 0 Å². The molecule has 0 fully saturated rings. The topological polar surface area (TPSA) is 113 Å². The third-order valence-electron chi connectivity index (χ3n) is 5.47. The number of carbonyl (C=O) groups excluding carboxylic acids is 1. The largest absolute Gasteiger partial charge is 0.395 e. The van der Waals surface area contributed by atoms with Gasteiger partial charge in [-0.25, -0.2) is 5.43 Å². The van der Waals surface area contributed by atoms with Crippen LogP contribution in [-0.4, -0.2) is 68.9 Å². The average molecular weight is 489 g/mol. The van der Waals surface area contributed by atoms with E-state index in [4.69, 9.17) is 10.2 Å². The number of hydrogen-bond donors (Lipinski definition) is 4. The van der Waals surface area contributed by atoms with Crippen molar-refractivity contribution < 1.29 is 15.0 Å². The number of aliphatic hydroxyl groups is 2. The molecule has 0 aliphatic heterocycles. The standard InChI is InChI=1S/C27H32N6O3/c1-32(15-17-34)25-11-3-21(4-12-25)19-28-30-24-9-7-23(8-10-24)27(36)31-29-20-22-5-13-26(14-6-22)33(2)16-18-35/h3-14,19-20,30,34-35H,15-18H2,1-2H3,(H,31,36)/b28-19-,29-20-. The minimum Gasteiger partial charge on any atom is -0.395 e. The maximum absolute atomic E-state index is 12.4. The SMILES string of the molecule is CN(CCO)c1ccc(/C=N\NC(=O)c2ccc(N/N=C\c3ccc(N(C)CCO)cc3)cc2)cc1. The summed E-state index contributed by atoms with van der Waals surface area (Å²) >= 11 is 0. The number of amides is 1. The van der Waals surface area contributed by atoms with Crippen LogP contribution in [0, 0.1) is 0 Å². The van der Waals surface area contributed by atoms with E-state index in [9.17, 15) is 4.79 Å². The molecule has 0 heterocycles. The highest BCUT2D eigenvalue weighted by Gasteiger charge is 2.04. The summed E-state index contributed by atoms with van der Waals surface area (Å²) in [5.41, 5.74) is 10.5. The van der Waals surface area contributed by atoms with Crippen molar-refractivity contribution in [3.63, 3.8) is 0 Å². The number of hydrazone groups is 2. The van der Waals surface area contributed by atoms with Gasteiger partial charge in [0.05, 0.1) is 31.3 Å². The lowest BCUT2D eigenvalue weighted by Gasteiger charge is -2.17. The molecule has 1 amide bonds. The number of rotatable bonds is 12. The van der Waals surface area contributed by atoms with Gasteiger partial charge in [0.2, 0.25) is 0 Å². The van der Waals surface area contributed by atoms with Gasteiger partial charge in [0, 0.05) is 44.1 Å². The second-order valence-electron chi connectivity index (χ2n) is 8.12. The molecule has 0 unspecified atom stereocenters. The molecule has 3 aromatic carbocycles. The van der Waals surface area contributed by atoms with E-state index in [1.54, 1.807) is 36.7 Å². The normalized spacial score (nSPS) is 11.1. The van der Waals surface area contributed by atoms with Crippen LogP contribution in [0.4, 0.5) is 17.1 Å². The molecule has 0 aliphatic rings. The van der Waals surface area contributed by atoms with Gasteiger partial charge < -0.3 is 20.0 Å². The predicted octanol–water partition coefficient (Wildman–Crippen LogP) is 2.75. The number of likely N-dealkylation sites (N-methyl/N-ethyl adjacent to an activating group) is 2. The lowest BCUT2D eigenvalue weighted by molar-refractivity contribution is 0.0955. The highest BCUT2D eigenvalue weighted by Crippen LogP contribution is 2.14. The molecular formula is C27H32N6O3. The maximum atomic E-state index is 12.4. The second kappa shape index (κ2) is 13.6. The van der Waals surface area contributed by atoms with E-state index < -0.39 is 0 Å². The maximum Gasteiger partial charge on any atom is 0.271 e. The smallest absolute Gasteiger partial charge is 0.271 e. The lowest BCUT2D eigenvalue weighted by atomic mass is 10.2. The molecule has 188 valence electrons. The van der Waals surface area contributed by atoms with Gasteiger partial charge in [-0.2, -0.15) is 10.2 Å². The van der Waals surface area contributed by atoms with Crippen LogP contribution in [0.25, 0.3) is 0 Å². The van der Waals surface area contributed by atoms with Gasteiger partial charge in [-0.3, -0.25) is 10.2 Å². The van der Waals surface area contributed by atoms with E-state index >= 15 is 0 Å². The Hall–Kier alpha value is -4.21. The van der Waals surface area contributed by atoms with Crippen molar-refractivity contribution in [2.45, 2.75) is 0 Å². The van der Waals surface area contributed by atoms with Crippen molar-refractivity contribution in [3.05, 3.63) is 89.5 Å². The van der Waals surface area contributed by atoms with E-state index in [0.29, 0.717) is 18.7 Å². The summed E-state index contributed by atoms with van der Waals surface area (Å²) in [6.07, 6.45) is 3.29. The Morgan fingerprint density at radius 2 is 1.22 bits per heavy atom. The van der Waals surface area contributed by atoms with E-state index in [1.807, 2.05) is 72.4 Å². The molecule has 0 radical (unpaired) electrons. The highest BCUT2D eigenvalue weighted by molar-refractivity contribution is 5.95. The fourth-order valence-electron chi connectivity index (χ4n) is 3.30. The number of hydrogen-bond acceptors (Lipinski definition) is 8. The van der Waals surface area contributed by atoms with Gasteiger partial charge in [-0.05, 0) is 59.7 Å². The van der Waals surface area contributed by atoms with Crippen molar-refractivity contribution in [1.29, 1.82) is 0 Å². The van der Waals surface area contributed by atoms with Gasteiger partial charge in [0.15, 0.2) is 0 Å². The zero-order chi connectivity index (χ0) is 25.8. The highest BCUT2D eigenvalue weighted by atomic mass is 16.3. The van der Waals surface area contributed by atoms with E-state index in [0.717, 1.165) is 28.2 Å². The summed E-state index contributed by atoms with van der Waals surface area (Å²) < 4.78 is 0. The van der Waals surface area contributed by atoms with Crippen molar-refractivity contribution in [3.8, 4) is 0 Å². The van der Waals surface area contributed by atoms with Crippen LogP contribution in [0.15, 0.2) is 83.0 Å². The van der Waals surface area contributed by atoms with Gasteiger partial charge in [0.1, 0.15) is 0 Å². The molecule has 3 rings (SSSR count). The Morgan fingerprint density at radius 1 is 0.750 bits per heavy atom. The molecule has 0 saturated heterocycles. The molecule has 36 heavy (non-hydrogen) atoms. The second-order valence-corrected chi connectivity index (χ2v) is 8.12. The summed E-state index contributed by atoms with van der Waals surface area (Å²) in [7, 11) is 3.84. The number of benzene rings is 3. The van der Waals surface area contributed by atoms with Crippen LogP contribution in [0.1, 0.15) is 21.5 Å². The average Bonchev–Trinajstić information content (AvgIpc) is 2.90. The molecule has 3 aromatic rings. The molecule has 0 aromatic heterocycles. The van der Waals surface area contributed by atoms with E-state index in [-0.39, 0.29) is 19.1 Å². The summed E-state index contributed by atoms with van der Waals surface area (Å²) in [6, 6.07) is 22.4. The predicted molar refractivity (Wildman–Crippen MR) is 146 cm³/mol. The zero-order valence-electron chi connectivity index (χ0n) is 20.5. The zero-order valence-corrected chi connectivity index (χ0v) is 20.5. The van der Waals surface area contributed by atoms with Crippen LogP contribution in [0.5, 0.6) is 0 Å². The number of anilines is 3. The summed E-state index contributed by atoms with van der Waals surface area (Å²) in [5, 5.41) is 26.3. The molecule has 9 heteroatoms. The fraction of sp³-hybridized carbons (Fsp3) is 0.222. The first-order valence-corrected chi connectivity index (χ1v) is 11.6. The molecule has 0 atom stereocenters. The van der Waals surface area contributed by atoms with Crippen LogP contribution in [0.3, 0.4) is 0 Å². The fourth-order valence-corrected chi connectivity index (χ4v) is 3.30. The third-order valence-corrected chi connectivity index (χ3v) is 5.47. The molecule has 0 aliphatic carbocycles. The van der Waals surface area contributed by atoms with E-state index in [2.05, 4.69) is 21.1 Å². The van der Waals surface area contributed by atoms with Crippen LogP contribution < -0.4 is 20.7 Å². The molecule has 0 spiro atoms. The Morgan fingerprint density at radius 3 is 1.69 bits per heavy atom. The van der Waals surface area contributed by atoms with Gasteiger partial charge >= 0.3 is 0 Å². The minimum absolute atomic E-state index is 0.0931. The Labute approximate surface area is 211 Å². The van der Waals surface area contributed by atoms with Crippen molar-refractivity contribution in [2.24, 2.45) is 10.2 Å². The van der Waals surface area contributed by atoms with Crippen LogP contribution in [-0.2, 0) is 0 Å². The lowest BCUT2D eigenvalue weighted by Crippen LogP contribution is -2.20. The van der Waals surface area contributed by atoms with Gasteiger partial charge in [-0.1, -0.05) is 24.3 Å². The Bertz CT molecular complexity index is 1150. The molecule has 9 nitrogen and oxygen atoms in total. The van der Waals surface area contributed by atoms with Crippen LogP contribution >= 0.6 is 0 Å². The monoisotopic (exact) mass is 488 g/mol. The van der Waals surface area contributed by atoms with Gasteiger partial charge in [-0.15, -0.1) is 0 Å². The summed E-state index contributed by atoms with van der Waals surface area (Å²) in [5.74, 6) is -0.313. The molecular weight excluding hydrogens is 456 g/mol. The number of aliphatic hydroxyl groups excluding tert-OH is 2. The first-order valence-electron chi connectivity index (χ1n) is 11.6. The number of nitrogens with one attached hydrogen (secondary N) is 2. The van der Waals surface area contributed by atoms with Crippen molar-refractivity contribution in [2.75, 3.05) is 55.6 Å². The van der Waals surface area contributed by atoms with Gasteiger partial charge in [0.25, 0.3) is 5.91 Å². The first-order chi connectivity index (χ1) is 17.5. The molecule has 0 saturated carbocycles. The first kappa shape index (κ1) is 26.4. The molecule has 0 bridgehead atoms. The Balaban J connectivity index is 1.47. The molecule has 4 N–H and O–H groups in total. The minimum atomic E-state index is -0.313. The van der Waals surface area contributed by atoms with Crippen LogP contribution in [0.2, 0.25) is 0 Å². The van der Waals surface area contributed by atoms with Crippen molar-refractivity contribution in [1.82, 2.24) is 5.43 Å². The summed E-state index contributed by atoms with van der Waals surface area (Å²) in [6.45, 7) is 1.34. The third kappa shape index (κ3) is 7.93.